The third-order valence-corrected chi connectivity index (χ3v) is 3.82. The quantitative estimate of drug-likeness (QED) is 0.439. The van der Waals surface area contributed by atoms with Crippen LogP contribution >= 0.6 is 11.8 Å². The number of thioether (sulfide) groups is 1. The monoisotopic (exact) mass is 268 g/mol. The van der Waals surface area contributed by atoms with Crippen molar-refractivity contribution < 1.29 is 4.92 Å². The van der Waals surface area contributed by atoms with Gasteiger partial charge in [-0.3, -0.25) is 10.1 Å². The van der Waals surface area contributed by atoms with E-state index in [0.29, 0.717) is 5.69 Å². The molecule has 0 bridgehead atoms. The van der Waals surface area contributed by atoms with E-state index in [-0.39, 0.29) is 10.6 Å². The van der Waals surface area contributed by atoms with Crippen molar-refractivity contribution >= 4 is 23.1 Å². The zero-order valence-electron chi connectivity index (χ0n) is 10.9. The number of nitrogens with zero attached hydrogens (tertiary/aromatic N) is 1. The second kappa shape index (κ2) is 7.97. The zero-order valence-corrected chi connectivity index (χ0v) is 11.8. The first-order valence-corrected chi connectivity index (χ1v) is 7.38. The van der Waals surface area contributed by atoms with Gasteiger partial charge in [-0.05, 0) is 17.7 Å². The number of nitro benzene ring substituents is 1. The SMILES string of the molecule is CCCCCSCc1cccc([N+](=O)[O-])c1NC. The molecule has 0 spiro atoms. The van der Waals surface area contributed by atoms with Gasteiger partial charge in [0.05, 0.1) is 4.92 Å². The number of unbranched alkanes of at least 4 members (excludes halogenated alkanes) is 2. The molecule has 0 saturated carbocycles. The van der Waals surface area contributed by atoms with Crippen LogP contribution in [0.4, 0.5) is 11.4 Å². The minimum absolute atomic E-state index is 0.157. The van der Waals surface area contributed by atoms with E-state index < -0.39 is 0 Å². The van der Waals surface area contributed by atoms with Gasteiger partial charge in [0.1, 0.15) is 5.69 Å². The highest BCUT2D eigenvalue weighted by atomic mass is 32.2. The molecule has 0 radical (unpaired) electrons. The Hall–Kier alpha value is -1.23. The Kier molecular flexibility index (Phi) is 6.57. The van der Waals surface area contributed by atoms with Crippen molar-refractivity contribution in [1.29, 1.82) is 0 Å². The van der Waals surface area contributed by atoms with E-state index in [4.69, 9.17) is 0 Å². The molecule has 1 rings (SSSR count). The van der Waals surface area contributed by atoms with Crippen LogP contribution in [0.5, 0.6) is 0 Å². The maximum Gasteiger partial charge on any atom is 0.292 e. The van der Waals surface area contributed by atoms with E-state index in [1.54, 1.807) is 13.1 Å². The lowest BCUT2D eigenvalue weighted by Gasteiger charge is -2.09. The second-order valence-electron chi connectivity index (χ2n) is 4.08. The summed E-state index contributed by atoms with van der Waals surface area (Å²) in [6, 6.07) is 5.24. The highest BCUT2D eigenvalue weighted by Gasteiger charge is 2.15. The zero-order chi connectivity index (χ0) is 13.4. The average molecular weight is 268 g/mol. The maximum absolute atomic E-state index is 10.9. The molecule has 0 aliphatic carbocycles. The summed E-state index contributed by atoms with van der Waals surface area (Å²) in [4.78, 5) is 10.6. The Balaban J connectivity index is 2.64. The summed E-state index contributed by atoms with van der Waals surface area (Å²) in [5.41, 5.74) is 1.81. The van der Waals surface area contributed by atoms with E-state index in [1.165, 1.54) is 25.3 Å². The lowest BCUT2D eigenvalue weighted by atomic mass is 10.1. The summed E-state index contributed by atoms with van der Waals surface area (Å²) in [6.45, 7) is 2.18. The van der Waals surface area contributed by atoms with E-state index in [2.05, 4.69) is 12.2 Å². The van der Waals surface area contributed by atoms with Crippen molar-refractivity contribution in [3.8, 4) is 0 Å². The Morgan fingerprint density at radius 3 is 2.78 bits per heavy atom. The molecule has 0 atom stereocenters. The summed E-state index contributed by atoms with van der Waals surface area (Å²) in [6.07, 6.45) is 3.69. The van der Waals surface area contributed by atoms with Gasteiger partial charge < -0.3 is 5.32 Å². The van der Waals surface area contributed by atoms with Crippen molar-refractivity contribution in [3.05, 3.63) is 33.9 Å². The van der Waals surface area contributed by atoms with Crippen molar-refractivity contribution in [2.24, 2.45) is 0 Å². The second-order valence-corrected chi connectivity index (χ2v) is 5.18. The Morgan fingerprint density at radius 1 is 1.39 bits per heavy atom. The van der Waals surface area contributed by atoms with Gasteiger partial charge in [0.2, 0.25) is 0 Å². The van der Waals surface area contributed by atoms with E-state index >= 15 is 0 Å². The first-order valence-electron chi connectivity index (χ1n) is 6.22. The van der Waals surface area contributed by atoms with Crippen LogP contribution in [0.25, 0.3) is 0 Å². The summed E-state index contributed by atoms with van der Waals surface area (Å²) >= 11 is 1.83. The molecular formula is C13H20N2O2S. The molecule has 0 aromatic heterocycles. The molecular weight excluding hydrogens is 248 g/mol. The van der Waals surface area contributed by atoms with Gasteiger partial charge in [-0.1, -0.05) is 31.9 Å². The molecule has 4 nitrogen and oxygen atoms in total. The fourth-order valence-corrected chi connectivity index (χ4v) is 2.80. The summed E-state index contributed by atoms with van der Waals surface area (Å²) < 4.78 is 0. The Labute approximate surface area is 112 Å². The van der Waals surface area contributed by atoms with E-state index in [9.17, 15) is 10.1 Å². The van der Waals surface area contributed by atoms with Gasteiger partial charge in [-0.2, -0.15) is 11.8 Å². The molecule has 0 amide bonds. The summed E-state index contributed by atoms with van der Waals surface area (Å²) in [5.74, 6) is 1.93. The molecule has 0 aliphatic heterocycles. The molecule has 0 saturated heterocycles. The summed E-state index contributed by atoms with van der Waals surface area (Å²) in [7, 11) is 1.73. The van der Waals surface area contributed by atoms with Gasteiger partial charge >= 0.3 is 0 Å². The molecule has 0 fully saturated rings. The van der Waals surface area contributed by atoms with Crippen LogP contribution in [-0.2, 0) is 5.75 Å². The van der Waals surface area contributed by atoms with Gasteiger partial charge in [-0.15, -0.1) is 0 Å². The van der Waals surface area contributed by atoms with Gasteiger partial charge in [0.15, 0.2) is 0 Å². The molecule has 0 aliphatic rings. The van der Waals surface area contributed by atoms with Crippen LogP contribution < -0.4 is 5.32 Å². The number of hydrogen-bond donors (Lipinski definition) is 1. The lowest BCUT2D eigenvalue weighted by molar-refractivity contribution is -0.384. The van der Waals surface area contributed by atoms with Gasteiger partial charge in [-0.25, -0.2) is 0 Å². The van der Waals surface area contributed by atoms with Crippen LogP contribution in [0.15, 0.2) is 18.2 Å². The van der Waals surface area contributed by atoms with Crippen LogP contribution in [0, 0.1) is 10.1 Å². The number of anilines is 1. The predicted octanol–water partition coefficient (Wildman–Crippen LogP) is 4.06. The van der Waals surface area contributed by atoms with Crippen molar-refractivity contribution in [3.63, 3.8) is 0 Å². The average Bonchev–Trinajstić information content (AvgIpc) is 2.38. The topological polar surface area (TPSA) is 55.2 Å². The number of para-hydroxylation sites is 1. The number of nitrogens with one attached hydrogen (secondary N) is 1. The van der Waals surface area contributed by atoms with Gasteiger partial charge in [0.25, 0.3) is 5.69 Å². The van der Waals surface area contributed by atoms with Gasteiger partial charge in [0, 0.05) is 18.9 Å². The minimum atomic E-state index is -0.336. The third-order valence-electron chi connectivity index (χ3n) is 2.73. The molecule has 1 aromatic carbocycles. The number of benzene rings is 1. The molecule has 1 N–H and O–H groups in total. The standard InChI is InChI=1S/C13H20N2O2S/c1-3-4-5-9-18-10-11-7-6-8-12(15(16)17)13(11)14-2/h6-8,14H,3-5,9-10H2,1-2H3. The third kappa shape index (κ3) is 4.22. The van der Waals surface area contributed by atoms with Crippen LogP contribution in [0.3, 0.4) is 0 Å². The van der Waals surface area contributed by atoms with Crippen molar-refractivity contribution in [1.82, 2.24) is 0 Å². The maximum atomic E-state index is 10.9. The minimum Gasteiger partial charge on any atom is -0.382 e. The molecule has 100 valence electrons. The predicted molar refractivity (Wildman–Crippen MR) is 78.3 cm³/mol. The molecule has 1 aromatic rings. The summed E-state index contributed by atoms with van der Waals surface area (Å²) in [5, 5.41) is 13.8. The van der Waals surface area contributed by atoms with Crippen molar-refractivity contribution in [2.45, 2.75) is 31.9 Å². The Bertz CT molecular complexity index is 397. The Morgan fingerprint density at radius 2 is 2.17 bits per heavy atom. The normalized spacial score (nSPS) is 10.3. The van der Waals surface area contributed by atoms with Crippen molar-refractivity contribution in [2.75, 3.05) is 18.1 Å². The first-order chi connectivity index (χ1) is 8.70. The number of nitro groups is 1. The van der Waals surface area contributed by atoms with E-state index in [1.807, 2.05) is 17.8 Å². The molecule has 0 unspecified atom stereocenters. The fraction of sp³-hybridized carbons (Fsp3) is 0.538. The smallest absolute Gasteiger partial charge is 0.292 e. The fourth-order valence-electron chi connectivity index (χ4n) is 1.78. The lowest BCUT2D eigenvalue weighted by Crippen LogP contribution is -2.00. The highest BCUT2D eigenvalue weighted by molar-refractivity contribution is 7.98. The number of hydrogen-bond acceptors (Lipinski definition) is 4. The van der Waals surface area contributed by atoms with Crippen LogP contribution in [0.2, 0.25) is 0 Å². The largest absolute Gasteiger partial charge is 0.382 e. The highest BCUT2D eigenvalue weighted by Crippen LogP contribution is 2.30. The first kappa shape index (κ1) is 14.8. The van der Waals surface area contributed by atoms with E-state index in [0.717, 1.165) is 17.1 Å². The molecule has 0 heterocycles. The van der Waals surface area contributed by atoms with Crippen LogP contribution in [-0.4, -0.2) is 17.7 Å². The molecule has 18 heavy (non-hydrogen) atoms. The number of rotatable bonds is 8. The van der Waals surface area contributed by atoms with Crippen LogP contribution in [0.1, 0.15) is 31.7 Å². The molecule has 5 heteroatoms.